The summed E-state index contributed by atoms with van der Waals surface area (Å²) in [6.07, 6.45) is -1.63. The van der Waals surface area contributed by atoms with Gasteiger partial charge in [0.15, 0.2) is 9.84 Å². The molecule has 0 radical (unpaired) electrons. The molecule has 6 heteroatoms. The molecule has 17 heavy (non-hydrogen) atoms. The van der Waals surface area contributed by atoms with Gasteiger partial charge in [-0.2, -0.15) is 0 Å². The van der Waals surface area contributed by atoms with Gasteiger partial charge in [-0.3, -0.25) is 0 Å². The van der Waals surface area contributed by atoms with Crippen LogP contribution in [0.3, 0.4) is 0 Å². The quantitative estimate of drug-likeness (QED) is 0.892. The second-order valence-corrected chi connectivity index (χ2v) is 7.24. The lowest BCUT2D eigenvalue weighted by molar-refractivity contribution is 0.0733. The summed E-state index contributed by atoms with van der Waals surface area (Å²) in [6, 6.07) is 5.51. The Morgan fingerprint density at radius 2 is 2.12 bits per heavy atom. The molecule has 2 rings (SSSR count). The lowest BCUT2D eigenvalue weighted by Crippen LogP contribution is -2.29. The number of hydrogen-bond donors (Lipinski definition) is 1. The van der Waals surface area contributed by atoms with E-state index in [1.165, 1.54) is 0 Å². The molecule has 0 bridgehead atoms. The average Bonchev–Trinajstić information content (AvgIpc) is 2.44. The summed E-state index contributed by atoms with van der Waals surface area (Å²) < 4.78 is 28.9. The lowest BCUT2D eigenvalue weighted by atomic mass is 10.2. The monoisotopic (exact) mass is 320 g/mol. The Morgan fingerprint density at radius 1 is 1.41 bits per heavy atom. The van der Waals surface area contributed by atoms with Gasteiger partial charge in [-0.25, -0.2) is 8.42 Å². The van der Waals surface area contributed by atoms with Gasteiger partial charge in [0, 0.05) is 0 Å². The normalized spacial score (nSPS) is 27.0. The fraction of sp³-hybridized carbons (Fsp3) is 0.455. The van der Waals surface area contributed by atoms with Crippen LogP contribution in [-0.2, 0) is 9.84 Å². The van der Waals surface area contributed by atoms with Crippen molar-refractivity contribution in [2.45, 2.75) is 19.1 Å². The third kappa shape index (κ3) is 3.00. The van der Waals surface area contributed by atoms with Gasteiger partial charge in [-0.15, -0.1) is 0 Å². The van der Waals surface area contributed by atoms with Gasteiger partial charge >= 0.3 is 0 Å². The van der Waals surface area contributed by atoms with Crippen LogP contribution in [0.5, 0.6) is 5.75 Å². The van der Waals surface area contributed by atoms with Crippen LogP contribution < -0.4 is 4.74 Å². The van der Waals surface area contributed by atoms with E-state index >= 15 is 0 Å². The molecule has 1 aromatic rings. The van der Waals surface area contributed by atoms with Crippen molar-refractivity contribution in [1.29, 1.82) is 0 Å². The van der Waals surface area contributed by atoms with Crippen LogP contribution in [0.4, 0.5) is 0 Å². The number of benzene rings is 1. The fourth-order valence-corrected chi connectivity index (χ4v) is 4.02. The third-order valence-electron chi connectivity index (χ3n) is 2.64. The van der Waals surface area contributed by atoms with E-state index in [1.807, 2.05) is 19.1 Å². The van der Waals surface area contributed by atoms with Crippen LogP contribution in [0.25, 0.3) is 0 Å². The molecule has 2 unspecified atom stereocenters. The van der Waals surface area contributed by atoms with Gasteiger partial charge in [0.25, 0.3) is 0 Å². The van der Waals surface area contributed by atoms with Gasteiger partial charge in [-0.05, 0) is 40.5 Å². The molecule has 94 valence electrons. The molecule has 2 atom stereocenters. The molecule has 1 fully saturated rings. The van der Waals surface area contributed by atoms with Gasteiger partial charge in [-0.1, -0.05) is 6.07 Å². The van der Waals surface area contributed by atoms with Crippen molar-refractivity contribution in [3.05, 3.63) is 28.2 Å². The van der Waals surface area contributed by atoms with Crippen LogP contribution in [0, 0.1) is 6.92 Å². The highest BCUT2D eigenvalue weighted by molar-refractivity contribution is 9.10. The number of hydrogen-bond acceptors (Lipinski definition) is 4. The molecule has 1 aromatic carbocycles. The zero-order valence-electron chi connectivity index (χ0n) is 9.26. The molecular formula is C11H13BrO4S. The first kappa shape index (κ1) is 12.9. The van der Waals surface area contributed by atoms with Crippen LogP contribution in [0.2, 0.25) is 0 Å². The Labute approximate surface area is 109 Å². The summed E-state index contributed by atoms with van der Waals surface area (Å²) in [5.41, 5.74) is 1.07. The standard InChI is InChI=1S/C11H13BrO4S/c1-7-2-3-10(8(12)4-7)16-11-6-17(14,15)5-9(11)13/h2-4,9,11,13H,5-6H2,1H3. The van der Waals surface area contributed by atoms with Gasteiger partial charge < -0.3 is 9.84 Å². The summed E-state index contributed by atoms with van der Waals surface area (Å²) in [6.45, 7) is 1.95. The second-order valence-electron chi connectivity index (χ2n) is 4.23. The summed E-state index contributed by atoms with van der Waals surface area (Å²) in [5, 5.41) is 9.61. The van der Waals surface area contributed by atoms with E-state index in [-0.39, 0.29) is 11.5 Å². The Morgan fingerprint density at radius 3 is 2.65 bits per heavy atom. The molecule has 0 amide bonds. The van der Waals surface area contributed by atoms with Gasteiger partial charge in [0.05, 0.1) is 16.0 Å². The number of aliphatic hydroxyl groups is 1. The van der Waals surface area contributed by atoms with E-state index in [0.29, 0.717) is 5.75 Å². The first-order chi connectivity index (χ1) is 7.87. The van der Waals surface area contributed by atoms with Crippen LogP contribution in [-0.4, -0.2) is 37.2 Å². The van der Waals surface area contributed by atoms with E-state index in [0.717, 1.165) is 10.0 Å². The van der Waals surface area contributed by atoms with Crippen LogP contribution in [0.1, 0.15) is 5.56 Å². The molecule has 1 heterocycles. The minimum absolute atomic E-state index is 0.130. The maximum absolute atomic E-state index is 11.3. The van der Waals surface area contributed by atoms with Crippen molar-refractivity contribution in [2.24, 2.45) is 0 Å². The van der Waals surface area contributed by atoms with Crippen molar-refractivity contribution in [2.75, 3.05) is 11.5 Å². The molecule has 0 spiro atoms. The van der Waals surface area contributed by atoms with Crippen molar-refractivity contribution in [3.63, 3.8) is 0 Å². The number of ether oxygens (including phenoxy) is 1. The predicted octanol–water partition coefficient (Wildman–Crippen LogP) is 1.29. The zero-order chi connectivity index (χ0) is 12.6. The van der Waals surface area contributed by atoms with E-state index in [2.05, 4.69) is 15.9 Å². The summed E-state index contributed by atoms with van der Waals surface area (Å²) in [7, 11) is -3.18. The highest BCUT2D eigenvalue weighted by Gasteiger charge is 2.38. The van der Waals surface area contributed by atoms with Gasteiger partial charge in [0.1, 0.15) is 18.0 Å². The predicted molar refractivity (Wildman–Crippen MR) is 68.0 cm³/mol. The zero-order valence-corrected chi connectivity index (χ0v) is 11.7. The summed E-state index contributed by atoms with van der Waals surface area (Å²) >= 11 is 3.35. The van der Waals surface area contributed by atoms with E-state index in [4.69, 9.17) is 4.74 Å². The van der Waals surface area contributed by atoms with Crippen molar-refractivity contribution >= 4 is 25.8 Å². The first-order valence-electron chi connectivity index (χ1n) is 5.19. The lowest BCUT2D eigenvalue weighted by Gasteiger charge is -2.16. The molecule has 1 saturated heterocycles. The summed E-state index contributed by atoms with van der Waals surface area (Å²) in [4.78, 5) is 0. The average molecular weight is 321 g/mol. The Kier molecular flexibility index (Phi) is 3.47. The van der Waals surface area contributed by atoms with E-state index in [1.54, 1.807) is 6.07 Å². The molecule has 1 aliphatic heterocycles. The van der Waals surface area contributed by atoms with Crippen molar-refractivity contribution in [1.82, 2.24) is 0 Å². The Hall–Kier alpha value is -0.590. The molecule has 0 aromatic heterocycles. The number of aryl methyl sites for hydroxylation is 1. The number of rotatable bonds is 2. The smallest absolute Gasteiger partial charge is 0.156 e. The van der Waals surface area contributed by atoms with Crippen molar-refractivity contribution in [3.8, 4) is 5.75 Å². The van der Waals surface area contributed by atoms with E-state index in [9.17, 15) is 13.5 Å². The number of sulfone groups is 1. The molecular weight excluding hydrogens is 308 g/mol. The number of halogens is 1. The van der Waals surface area contributed by atoms with Crippen molar-refractivity contribution < 1.29 is 18.3 Å². The molecule has 0 aliphatic carbocycles. The SMILES string of the molecule is Cc1ccc(OC2CS(=O)(=O)CC2O)c(Br)c1. The number of aliphatic hydroxyl groups excluding tert-OH is 1. The third-order valence-corrected chi connectivity index (χ3v) is 4.94. The maximum atomic E-state index is 11.3. The molecule has 1 aliphatic rings. The maximum Gasteiger partial charge on any atom is 0.156 e. The topological polar surface area (TPSA) is 63.6 Å². The first-order valence-corrected chi connectivity index (χ1v) is 7.80. The molecule has 4 nitrogen and oxygen atoms in total. The van der Waals surface area contributed by atoms with E-state index < -0.39 is 22.0 Å². The van der Waals surface area contributed by atoms with Gasteiger partial charge in [0.2, 0.25) is 0 Å². The van der Waals surface area contributed by atoms with Crippen LogP contribution >= 0.6 is 15.9 Å². The highest BCUT2D eigenvalue weighted by Crippen LogP contribution is 2.28. The Bertz CT molecular complexity index is 526. The largest absolute Gasteiger partial charge is 0.485 e. The van der Waals surface area contributed by atoms with Crippen LogP contribution in [0.15, 0.2) is 22.7 Å². The minimum Gasteiger partial charge on any atom is -0.485 e. The summed E-state index contributed by atoms with van der Waals surface area (Å²) in [5.74, 6) is 0.201. The second kappa shape index (κ2) is 4.59. The minimum atomic E-state index is -3.18. The Balaban J connectivity index is 2.17. The molecule has 1 N–H and O–H groups in total. The fourth-order valence-electron chi connectivity index (χ4n) is 1.77. The molecule has 0 saturated carbocycles. The highest BCUT2D eigenvalue weighted by atomic mass is 79.9.